The first kappa shape index (κ1) is 38.1. The Kier molecular flexibility index (Phi) is 25.2. The Morgan fingerprint density at radius 3 is 1.52 bits per heavy atom. The van der Waals surface area contributed by atoms with E-state index < -0.39 is 11.0 Å². The second-order valence-electron chi connectivity index (χ2n) is 7.64. The molecule has 0 saturated heterocycles. The molecule has 0 aromatic rings. The summed E-state index contributed by atoms with van der Waals surface area (Å²) in [4.78, 5) is 11.7. The van der Waals surface area contributed by atoms with Crippen LogP contribution in [0.15, 0.2) is 4.40 Å². The predicted molar refractivity (Wildman–Crippen MR) is 114 cm³/mol. The van der Waals surface area contributed by atoms with E-state index in [4.69, 9.17) is 25.2 Å². The second-order valence-corrected chi connectivity index (χ2v) is 9.58. The molecule has 3 fully saturated rings. The fourth-order valence-electron chi connectivity index (χ4n) is 2.82. The van der Waals surface area contributed by atoms with Crippen LogP contribution in [-0.2, 0) is 42.2 Å². The van der Waals surface area contributed by atoms with Crippen LogP contribution >= 0.6 is 0 Å². The van der Waals surface area contributed by atoms with E-state index in [2.05, 4.69) is 4.40 Å². The van der Waals surface area contributed by atoms with E-state index in [0.717, 1.165) is 19.3 Å². The first-order valence-electron chi connectivity index (χ1n) is 10.4. The molecular weight excluding hydrogens is 458 g/mol. The van der Waals surface area contributed by atoms with Crippen molar-refractivity contribution in [3.8, 4) is 0 Å². The van der Waals surface area contributed by atoms with Crippen LogP contribution in [0.2, 0.25) is 0 Å². The van der Waals surface area contributed by atoms with Crippen molar-refractivity contribution in [2.75, 3.05) is 33.0 Å². The van der Waals surface area contributed by atoms with E-state index in [1.165, 1.54) is 0 Å². The molecule has 3 saturated carbocycles. The summed E-state index contributed by atoms with van der Waals surface area (Å²) in [6.45, 7) is 14.3. The first-order chi connectivity index (χ1) is 13.9. The average Bonchev–Trinajstić information content (AvgIpc) is 2.54. The summed E-state index contributed by atoms with van der Waals surface area (Å²) in [5.74, 6) is -0.0720. The summed E-state index contributed by atoms with van der Waals surface area (Å²) in [6, 6.07) is 0. The van der Waals surface area contributed by atoms with Crippen molar-refractivity contribution in [3.05, 3.63) is 0 Å². The van der Waals surface area contributed by atoms with Crippen LogP contribution in [0.4, 0.5) is 0 Å². The average molecular weight is 499 g/mol. The van der Waals surface area contributed by atoms with E-state index in [1.807, 2.05) is 33.9 Å². The molecule has 0 N–H and O–H groups in total. The number of carbonyl (C=O) groups is 1. The summed E-state index contributed by atoms with van der Waals surface area (Å²) in [6.07, 6.45) is 4.24. The minimum Gasteiger partial charge on any atom is -0.855 e. The fourth-order valence-corrected chi connectivity index (χ4v) is 3.46. The van der Waals surface area contributed by atoms with Crippen molar-refractivity contribution in [2.24, 2.45) is 15.2 Å². The van der Waals surface area contributed by atoms with Crippen LogP contribution in [0.25, 0.3) is 0 Å². The van der Waals surface area contributed by atoms with Gasteiger partial charge in [0.1, 0.15) is 11.0 Å². The first-order valence-corrected chi connectivity index (χ1v) is 11.5. The van der Waals surface area contributed by atoms with Gasteiger partial charge < -0.3 is 25.2 Å². The van der Waals surface area contributed by atoms with Crippen molar-refractivity contribution < 1.29 is 55.9 Å². The third-order valence-corrected chi connectivity index (χ3v) is 5.07. The molecule has 0 amide bonds. The van der Waals surface area contributed by atoms with Crippen molar-refractivity contribution in [1.29, 1.82) is 0 Å². The number of hydrogen-bond acceptors (Lipinski definition) is 7. The molecule has 182 valence electrons. The minimum absolute atomic E-state index is 0. The van der Waals surface area contributed by atoms with Crippen molar-refractivity contribution in [2.45, 2.75) is 79.4 Å². The Labute approximate surface area is 206 Å². The van der Waals surface area contributed by atoms with Crippen LogP contribution in [0.1, 0.15) is 74.7 Å². The number of nitrogens with zero attached hydrogens (tertiary/aromatic N) is 1. The van der Waals surface area contributed by atoms with Crippen molar-refractivity contribution in [3.63, 3.8) is 0 Å². The third kappa shape index (κ3) is 15.3. The van der Waals surface area contributed by atoms with Crippen LogP contribution in [0, 0.1) is 10.8 Å². The van der Waals surface area contributed by atoms with E-state index >= 15 is 0 Å². The number of carbonyl (C=O) groups excluding carboxylic acids is 1. The Morgan fingerprint density at radius 1 is 0.935 bits per heavy atom. The monoisotopic (exact) mass is 499 g/mol. The summed E-state index contributed by atoms with van der Waals surface area (Å²) < 4.78 is 20.7. The van der Waals surface area contributed by atoms with E-state index in [-0.39, 0.29) is 69.7 Å². The van der Waals surface area contributed by atoms with E-state index in [0.29, 0.717) is 6.61 Å². The normalized spacial score (nSPS) is 23.1. The standard InChI is InChI=1S/C13H21NO3S.4C2H5O.Ti/c1-5-17-10(15)13-6-12(7-13,8-13)9-14-18(16)11(2,3)4;4*1-2-3;/h9H,5-8H2,1-4H3;4*2H2,1H3;/q;4*-1;+4/b14-9+;;;;;. The number of rotatable bonds is 4. The topological polar surface area (TPSA) is 148 Å². The molecular formula is C21H41NO7STi. The van der Waals surface area contributed by atoms with E-state index in [9.17, 15) is 9.00 Å². The molecule has 3 aliphatic carbocycles. The molecule has 0 aromatic carbocycles. The van der Waals surface area contributed by atoms with Gasteiger partial charge in [-0.15, -0.1) is 26.4 Å². The van der Waals surface area contributed by atoms with Crippen LogP contribution in [0.3, 0.4) is 0 Å². The molecule has 3 rings (SSSR count). The zero-order valence-electron chi connectivity index (χ0n) is 20.4. The molecule has 1 unspecified atom stereocenters. The predicted octanol–water partition coefficient (Wildman–Crippen LogP) is -0.283. The molecule has 8 nitrogen and oxygen atoms in total. The maximum Gasteiger partial charge on any atom is 4.00 e. The van der Waals surface area contributed by atoms with Gasteiger partial charge in [-0.3, -0.25) is 4.79 Å². The quantitative estimate of drug-likeness (QED) is 0.293. The smallest absolute Gasteiger partial charge is 0.855 e. The van der Waals surface area contributed by atoms with Crippen LogP contribution in [-0.4, -0.2) is 54.2 Å². The molecule has 0 heterocycles. The Bertz CT molecular complexity index is 469. The molecule has 10 heteroatoms. The minimum atomic E-state index is -1.20. The van der Waals surface area contributed by atoms with Gasteiger partial charge in [0.2, 0.25) is 0 Å². The van der Waals surface area contributed by atoms with Crippen molar-refractivity contribution >= 4 is 23.2 Å². The maximum atomic E-state index is 11.8. The van der Waals surface area contributed by atoms with Gasteiger partial charge in [0, 0.05) is 11.6 Å². The van der Waals surface area contributed by atoms with Gasteiger partial charge >= 0.3 is 27.7 Å². The summed E-state index contributed by atoms with van der Waals surface area (Å²) in [5, 5.41) is 35.7. The van der Waals surface area contributed by atoms with Crippen molar-refractivity contribution in [1.82, 2.24) is 0 Å². The Hall–Kier alpha value is -0.156. The second kappa shape index (κ2) is 20.5. The zero-order valence-corrected chi connectivity index (χ0v) is 22.8. The molecule has 2 bridgehead atoms. The van der Waals surface area contributed by atoms with E-state index in [1.54, 1.807) is 27.7 Å². The summed E-state index contributed by atoms with van der Waals surface area (Å²) >= 11 is 0. The summed E-state index contributed by atoms with van der Waals surface area (Å²) in [5.41, 5.74) is -0.223. The molecule has 0 aliphatic heterocycles. The van der Waals surface area contributed by atoms with Gasteiger partial charge in [-0.25, -0.2) is 4.21 Å². The Balaban J connectivity index is -0.000000236. The molecule has 31 heavy (non-hydrogen) atoms. The van der Waals surface area contributed by atoms with Crippen LogP contribution in [0.5, 0.6) is 0 Å². The third-order valence-electron chi connectivity index (χ3n) is 3.73. The summed E-state index contributed by atoms with van der Waals surface area (Å²) in [7, 11) is -1.20. The van der Waals surface area contributed by atoms with Crippen LogP contribution < -0.4 is 20.4 Å². The number of ether oxygens (including phenoxy) is 1. The molecule has 0 aromatic heterocycles. The van der Waals surface area contributed by atoms with Gasteiger partial charge in [0.25, 0.3) is 0 Å². The van der Waals surface area contributed by atoms with Gasteiger partial charge in [0.05, 0.1) is 16.8 Å². The molecule has 1 atom stereocenters. The Morgan fingerprint density at radius 2 is 1.26 bits per heavy atom. The SMILES string of the molecule is CCOC(=O)C12CC(/C=N/S(=O)C(C)(C)C)(C1)C2.CC[O-].CC[O-].CC[O-].CC[O-].[Ti+4]. The van der Waals surface area contributed by atoms with Gasteiger partial charge in [-0.1, -0.05) is 27.7 Å². The molecule has 0 spiro atoms. The van der Waals surface area contributed by atoms with Gasteiger partial charge in [-0.05, 0) is 47.0 Å². The maximum absolute atomic E-state index is 11.8. The number of hydrogen-bond donors (Lipinski definition) is 0. The van der Waals surface area contributed by atoms with Gasteiger partial charge in [-0.2, -0.15) is 4.40 Å². The molecule has 0 radical (unpaired) electrons. The zero-order chi connectivity index (χ0) is 24.4. The molecule has 3 aliphatic rings. The largest absolute Gasteiger partial charge is 4.00 e. The number of esters is 1. The fraction of sp³-hybridized carbons (Fsp3) is 0.905. The van der Waals surface area contributed by atoms with Gasteiger partial charge in [0.15, 0.2) is 0 Å².